The Morgan fingerprint density at radius 3 is 2.50 bits per heavy atom. The highest BCUT2D eigenvalue weighted by atomic mass is 19.1. The number of nitrogens with zero attached hydrogens (tertiary/aromatic N) is 3. The van der Waals surface area contributed by atoms with E-state index < -0.39 is 5.82 Å². The number of aromatic hydroxyl groups is 1. The van der Waals surface area contributed by atoms with Crippen LogP contribution in [0.2, 0.25) is 0 Å². The zero-order valence-corrected chi connectivity index (χ0v) is 16.7. The molecule has 0 saturated carbocycles. The van der Waals surface area contributed by atoms with E-state index in [0.717, 1.165) is 50.5 Å². The minimum absolute atomic E-state index is 0.144. The van der Waals surface area contributed by atoms with E-state index in [0.29, 0.717) is 11.3 Å². The Morgan fingerprint density at radius 1 is 0.750 bits per heavy atom. The van der Waals surface area contributed by atoms with Gasteiger partial charge in [0.15, 0.2) is 0 Å². The van der Waals surface area contributed by atoms with E-state index in [4.69, 9.17) is 0 Å². The van der Waals surface area contributed by atoms with Gasteiger partial charge in [0.1, 0.15) is 17.3 Å². The van der Waals surface area contributed by atoms with Crippen LogP contribution in [0, 0.1) is 5.82 Å². The number of aromatic nitrogens is 5. The highest BCUT2D eigenvalue weighted by Gasteiger charge is 2.15. The average molecular weight is 421 g/mol. The van der Waals surface area contributed by atoms with Crippen molar-refractivity contribution in [3.63, 3.8) is 0 Å². The molecule has 3 N–H and O–H groups in total. The quantitative estimate of drug-likeness (QED) is 0.343. The summed E-state index contributed by atoms with van der Waals surface area (Å²) in [5, 5.41) is 19.2. The SMILES string of the molecule is Oc1cc(F)cc(-c2nccc3[nH]c(-c4n[nH]c5ccc(-c6ccccn6)cc45)cc23)c1. The van der Waals surface area contributed by atoms with Gasteiger partial charge in [-0.05, 0) is 48.5 Å². The molecule has 0 aliphatic heterocycles. The highest BCUT2D eigenvalue weighted by Crippen LogP contribution is 2.35. The Morgan fingerprint density at radius 2 is 1.66 bits per heavy atom. The third kappa shape index (κ3) is 2.99. The first-order chi connectivity index (χ1) is 15.7. The minimum atomic E-state index is -0.519. The van der Waals surface area contributed by atoms with Crippen LogP contribution in [0.25, 0.3) is 55.7 Å². The number of phenols is 1. The van der Waals surface area contributed by atoms with Crippen molar-refractivity contribution in [2.45, 2.75) is 0 Å². The molecule has 0 aliphatic carbocycles. The van der Waals surface area contributed by atoms with Crippen LogP contribution in [-0.4, -0.2) is 30.3 Å². The summed E-state index contributed by atoms with van der Waals surface area (Å²) in [6.45, 7) is 0. The van der Waals surface area contributed by atoms with E-state index in [1.54, 1.807) is 12.4 Å². The van der Waals surface area contributed by atoms with Crippen molar-refractivity contribution in [1.82, 2.24) is 25.1 Å². The molecule has 6 nitrogen and oxygen atoms in total. The summed E-state index contributed by atoms with van der Waals surface area (Å²) in [6, 6.07) is 19.6. The van der Waals surface area contributed by atoms with E-state index in [9.17, 15) is 9.50 Å². The standard InChI is InChI=1S/C25H16FN5O/c26-16-9-15(10-17(32)12-16)24-19-13-23(29-21(19)6-8-28-24)25-18-11-14(4-5-22(18)30-31-25)20-3-1-2-7-27-20/h1-13,29,32H,(H,30,31). The first-order valence-corrected chi connectivity index (χ1v) is 10.0. The number of nitrogens with one attached hydrogen (secondary N) is 2. The molecule has 0 unspecified atom stereocenters. The van der Waals surface area contributed by atoms with Gasteiger partial charge in [0.25, 0.3) is 0 Å². The Balaban J connectivity index is 1.52. The number of benzene rings is 2. The predicted molar refractivity (Wildman–Crippen MR) is 121 cm³/mol. The van der Waals surface area contributed by atoms with E-state index in [2.05, 4.69) is 31.2 Å². The van der Waals surface area contributed by atoms with Gasteiger partial charge in [-0.25, -0.2) is 4.39 Å². The molecule has 7 heteroatoms. The fourth-order valence-electron chi connectivity index (χ4n) is 4.03. The van der Waals surface area contributed by atoms with Gasteiger partial charge < -0.3 is 10.1 Å². The number of rotatable bonds is 3. The van der Waals surface area contributed by atoms with Gasteiger partial charge in [0.05, 0.1) is 22.6 Å². The van der Waals surface area contributed by atoms with Crippen molar-refractivity contribution in [3.05, 3.63) is 84.9 Å². The smallest absolute Gasteiger partial charge is 0.127 e. The number of phenolic OH excluding ortho intramolecular Hbond substituents is 1. The van der Waals surface area contributed by atoms with Crippen LogP contribution >= 0.6 is 0 Å². The fourth-order valence-corrected chi connectivity index (χ4v) is 4.03. The Bertz CT molecular complexity index is 1580. The van der Waals surface area contributed by atoms with E-state index in [-0.39, 0.29) is 5.75 Å². The maximum absolute atomic E-state index is 13.9. The number of halogens is 1. The summed E-state index contributed by atoms with van der Waals surface area (Å²) in [4.78, 5) is 12.3. The normalized spacial score (nSPS) is 11.4. The molecule has 32 heavy (non-hydrogen) atoms. The van der Waals surface area contributed by atoms with Crippen LogP contribution in [0.3, 0.4) is 0 Å². The van der Waals surface area contributed by atoms with Gasteiger partial charge in [-0.2, -0.15) is 5.10 Å². The van der Waals surface area contributed by atoms with Crippen molar-refractivity contribution in [1.29, 1.82) is 0 Å². The molecule has 154 valence electrons. The third-order valence-corrected chi connectivity index (χ3v) is 5.48. The van der Waals surface area contributed by atoms with Crippen molar-refractivity contribution >= 4 is 21.8 Å². The molecule has 0 radical (unpaired) electrons. The second kappa shape index (κ2) is 7.02. The second-order valence-electron chi connectivity index (χ2n) is 7.55. The molecule has 0 amide bonds. The van der Waals surface area contributed by atoms with Gasteiger partial charge in [0.2, 0.25) is 0 Å². The van der Waals surface area contributed by atoms with E-state index >= 15 is 0 Å². The van der Waals surface area contributed by atoms with Crippen molar-refractivity contribution in [3.8, 4) is 39.7 Å². The molecule has 2 aromatic carbocycles. The first-order valence-electron chi connectivity index (χ1n) is 10.0. The molecule has 0 bridgehead atoms. The van der Waals surface area contributed by atoms with Crippen LogP contribution in [-0.2, 0) is 0 Å². The lowest BCUT2D eigenvalue weighted by molar-refractivity contribution is 0.469. The zero-order chi connectivity index (χ0) is 21.7. The van der Waals surface area contributed by atoms with Crippen LogP contribution in [0.4, 0.5) is 4.39 Å². The molecule has 0 atom stereocenters. The molecule has 6 aromatic rings. The summed E-state index contributed by atoms with van der Waals surface area (Å²) in [5.74, 6) is -0.662. The molecule has 6 rings (SSSR count). The number of fused-ring (bicyclic) bond motifs is 2. The van der Waals surface area contributed by atoms with Crippen LogP contribution in [0.1, 0.15) is 0 Å². The number of pyridine rings is 2. The summed E-state index contributed by atoms with van der Waals surface area (Å²) >= 11 is 0. The Kier molecular flexibility index (Phi) is 4.01. The fraction of sp³-hybridized carbons (Fsp3) is 0. The van der Waals surface area contributed by atoms with Crippen molar-refractivity contribution in [2.75, 3.05) is 0 Å². The molecule has 0 aliphatic rings. The van der Waals surface area contributed by atoms with E-state index in [1.165, 1.54) is 12.1 Å². The topological polar surface area (TPSA) is 90.5 Å². The van der Waals surface area contributed by atoms with Crippen LogP contribution in [0.15, 0.2) is 79.1 Å². The van der Waals surface area contributed by atoms with Gasteiger partial charge in [0, 0.05) is 45.9 Å². The molecular formula is C25H16FN5O. The monoisotopic (exact) mass is 421 g/mol. The van der Waals surface area contributed by atoms with Crippen molar-refractivity contribution < 1.29 is 9.50 Å². The minimum Gasteiger partial charge on any atom is -0.508 e. The van der Waals surface area contributed by atoms with Gasteiger partial charge in [-0.15, -0.1) is 0 Å². The molecular weight excluding hydrogens is 405 g/mol. The summed E-state index contributed by atoms with van der Waals surface area (Å²) in [7, 11) is 0. The maximum Gasteiger partial charge on any atom is 0.127 e. The number of hydrogen-bond donors (Lipinski definition) is 3. The lowest BCUT2D eigenvalue weighted by Crippen LogP contribution is -1.85. The molecule has 4 aromatic heterocycles. The third-order valence-electron chi connectivity index (χ3n) is 5.48. The van der Waals surface area contributed by atoms with Crippen LogP contribution < -0.4 is 0 Å². The van der Waals surface area contributed by atoms with Crippen LogP contribution in [0.5, 0.6) is 5.75 Å². The molecule has 0 fully saturated rings. The van der Waals surface area contributed by atoms with Gasteiger partial charge in [-0.1, -0.05) is 12.1 Å². The maximum atomic E-state index is 13.9. The first kappa shape index (κ1) is 18.3. The number of hydrogen-bond acceptors (Lipinski definition) is 4. The Labute approximate surface area is 181 Å². The summed E-state index contributed by atoms with van der Waals surface area (Å²) in [6.07, 6.45) is 3.42. The lowest BCUT2D eigenvalue weighted by Gasteiger charge is -2.03. The van der Waals surface area contributed by atoms with E-state index in [1.807, 2.05) is 42.5 Å². The summed E-state index contributed by atoms with van der Waals surface area (Å²) < 4.78 is 13.9. The predicted octanol–water partition coefficient (Wildman–Crippen LogP) is 5.68. The molecule has 0 spiro atoms. The Hall–Kier alpha value is -4.52. The van der Waals surface area contributed by atoms with Gasteiger partial charge in [-0.3, -0.25) is 15.1 Å². The summed E-state index contributed by atoms with van der Waals surface area (Å²) in [5.41, 5.74) is 6.28. The average Bonchev–Trinajstić information content (AvgIpc) is 3.42. The lowest BCUT2D eigenvalue weighted by atomic mass is 10.1. The number of H-pyrrole nitrogens is 2. The van der Waals surface area contributed by atoms with Gasteiger partial charge >= 0.3 is 0 Å². The highest BCUT2D eigenvalue weighted by molar-refractivity contribution is 6.00. The molecule has 0 saturated heterocycles. The zero-order valence-electron chi connectivity index (χ0n) is 16.7. The molecule has 4 heterocycles. The van der Waals surface area contributed by atoms with Crippen molar-refractivity contribution in [2.24, 2.45) is 0 Å². The number of aromatic amines is 2. The largest absolute Gasteiger partial charge is 0.508 e. The second-order valence-corrected chi connectivity index (χ2v) is 7.55.